The van der Waals surface area contributed by atoms with Gasteiger partial charge in [0.15, 0.2) is 0 Å². The van der Waals surface area contributed by atoms with Crippen molar-refractivity contribution in [2.24, 2.45) is 12.8 Å². The van der Waals surface area contributed by atoms with Crippen molar-refractivity contribution in [2.75, 3.05) is 49.7 Å². The first-order valence-electron chi connectivity index (χ1n) is 10.4. The molecule has 0 spiro atoms. The van der Waals surface area contributed by atoms with Crippen LogP contribution in [0.2, 0.25) is 0 Å². The third kappa shape index (κ3) is 4.70. The molecule has 2 heterocycles. The number of benzene rings is 2. The summed E-state index contributed by atoms with van der Waals surface area (Å²) in [4.78, 5) is 15.3. The number of para-hydroxylation sites is 1. The van der Waals surface area contributed by atoms with Crippen LogP contribution in [-0.2, 0) is 11.8 Å². The van der Waals surface area contributed by atoms with Gasteiger partial charge in [-0.2, -0.15) is 5.10 Å². The Kier molecular flexibility index (Phi) is 6.49. The van der Waals surface area contributed by atoms with E-state index in [-0.39, 0.29) is 5.91 Å². The maximum Gasteiger partial charge on any atom is 0.257 e. The minimum absolute atomic E-state index is 0.159. The van der Waals surface area contributed by atoms with Crippen molar-refractivity contribution in [1.29, 1.82) is 0 Å². The second-order valence-electron chi connectivity index (χ2n) is 7.26. The van der Waals surface area contributed by atoms with Gasteiger partial charge in [0.2, 0.25) is 0 Å². The number of rotatable bonds is 7. The predicted octanol–water partition coefficient (Wildman–Crippen LogP) is 2.51. The van der Waals surface area contributed by atoms with Crippen LogP contribution in [0.15, 0.2) is 54.7 Å². The molecule has 1 aromatic heterocycles. The van der Waals surface area contributed by atoms with E-state index in [1.165, 1.54) is 0 Å². The summed E-state index contributed by atoms with van der Waals surface area (Å²) in [5, 5.41) is 7.29. The van der Waals surface area contributed by atoms with E-state index in [1.807, 2.05) is 55.6 Å². The predicted molar refractivity (Wildman–Crippen MR) is 121 cm³/mol. The molecule has 0 atom stereocenters. The van der Waals surface area contributed by atoms with Gasteiger partial charge >= 0.3 is 0 Å². The van der Waals surface area contributed by atoms with Crippen LogP contribution in [0, 0.1) is 0 Å². The van der Waals surface area contributed by atoms with Crippen molar-refractivity contribution in [3.63, 3.8) is 0 Å². The van der Waals surface area contributed by atoms with Gasteiger partial charge in [-0.15, -0.1) is 0 Å². The van der Waals surface area contributed by atoms with E-state index in [9.17, 15) is 4.79 Å². The highest BCUT2D eigenvalue weighted by molar-refractivity contribution is 6.08. The number of hydrogen-bond donors (Lipinski definition) is 2. The van der Waals surface area contributed by atoms with Gasteiger partial charge < -0.3 is 25.4 Å². The largest absolute Gasteiger partial charge is 0.492 e. The van der Waals surface area contributed by atoms with Gasteiger partial charge in [0.05, 0.1) is 24.5 Å². The Bertz CT molecular complexity index is 1040. The van der Waals surface area contributed by atoms with Gasteiger partial charge in [-0.3, -0.25) is 9.48 Å². The van der Waals surface area contributed by atoms with Crippen LogP contribution >= 0.6 is 0 Å². The molecule has 8 nitrogen and oxygen atoms in total. The first kappa shape index (κ1) is 20.9. The number of amides is 1. The number of anilines is 2. The van der Waals surface area contributed by atoms with Crippen LogP contribution in [0.5, 0.6) is 5.75 Å². The molecule has 8 heteroatoms. The van der Waals surface area contributed by atoms with Crippen molar-refractivity contribution < 1.29 is 14.3 Å². The van der Waals surface area contributed by atoms with Crippen molar-refractivity contribution in [3.05, 3.63) is 60.3 Å². The molecule has 162 valence electrons. The molecule has 0 saturated carbocycles. The van der Waals surface area contributed by atoms with Crippen LogP contribution in [0.4, 0.5) is 11.4 Å². The van der Waals surface area contributed by atoms with E-state index in [0.29, 0.717) is 43.4 Å². The maximum absolute atomic E-state index is 13.2. The molecule has 4 rings (SSSR count). The highest BCUT2D eigenvalue weighted by atomic mass is 16.5. The first-order chi connectivity index (χ1) is 15.2. The van der Waals surface area contributed by atoms with Crippen molar-refractivity contribution in [3.8, 4) is 17.0 Å². The molecular weight excluding hydrogens is 394 g/mol. The number of nitrogens with two attached hydrogens (primary N) is 1. The van der Waals surface area contributed by atoms with Crippen LogP contribution in [0.1, 0.15) is 10.4 Å². The van der Waals surface area contributed by atoms with Crippen molar-refractivity contribution in [2.45, 2.75) is 0 Å². The Labute approximate surface area is 181 Å². The topological polar surface area (TPSA) is 94.6 Å². The van der Waals surface area contributed by atoms with Gasteiger partial charge in [0, 0.05) is 49.8 Å². The summed E-state index contributed by atoms with van der Waals surface area (Å²) in [5.41, 5.74) is 9.55. The maximum atomic E-state index is 13.2. The lowest BCUT2D eigenvalue weighted by molar-refractivity contribution is 0.102. The zero-order chi connectivity index (χ0) is 21.6. The average molecular weight is 422 g/mol. The van der Waals surface area contributed by atoms with Gasteiger partial charge in [0.1, 0.15) is 12.4 Å². The van der Waals surface area contributed by atoms with E-state index < -0.39 is 0 Å². The molecule has 0 unspecified atom stereocenters. The zero-order valence-corrected chi connectivity index (χ0v) is 17.6. The highest BCUT2D eigenvalue weighted by Crippen LogP contribution is 2.33. The second-order valence-corrected chi connectivity index (χ2v) is 7.26. The second kappa shape index (κ2) is 9.63. The Morgan fingerprint density at radius 1 is 1.19 bits per heavy atom. The fraction of sp³-hybridized carbons (Fsp3) is 0.304. The molecule has 1 aliphatic rings. The lowest BCUT2D eigenvalue weighted by Gasteiger charge is -2.30. The number of carbonyl (C=O) groups is 1. The molecule has 1 fully saturated rings. The van der Waals surface area contributed by atoms with E-state index >= 15 is 0 Å². The molecule has 0 aliphatic carbocycles. The molecule has 0 radical (unpaired) electrons. The van der Waals surface area contributed by atoms with Crippen molar-refractivity contribution in [1.82, 2.24) is 9.78 Å². The van der Waals surface area contributed by atoms with Gasteiger partial charge in [-0.05, 0) is 36.4 Å². The molecule has 0 bridgehead atoms. The number of hydrogen-bond acceptors (Lipinski definition) is 6. The minimum Gasteiger partial charge on any atom is -0.492 e. The smallest absolute Gasteiger partial charge is 0.257 e. The average Bonchev–Trinajstić information content (AvgIpc) is 3.24. The Hall–Kier alpha value is -3.36. The van der Waals surface area contributed by atoms with E-state index in [0.717, 1.165) is 30.0 Å². The number of carbonyl (C=O) groups excluding carboxylic acids is 1. The lowest BCUT2D eigenvalue weighted by Crippen LogP contribution is -2.37. The fourth-order valence-corrected chi connectivity index (χ4v) is 3.68. The number of aryl methyl sites for hydroxylation is 1. The summed E-state index contributed by atoms with van der Waals surface area (Å²) in [6, 6.07) is 15.1. The molecule has 2 aromatic carbocycles. The summed E-state index contributed by atoms with van der Waals surface area (Å²) in [6.45, 7) is 3.68. The Morgan fingerprint density at radius 2 is 2.00 bits per heavy atom. The summed E-state index contributed by atoms with van der Waals surface area (Å²) < 4.78 is 13.0. The first-order valence-corrected chi connectivity index (χ1v) is 10.4. The zero-order valence-electron chi connectivity index (χ0n) is 17.6. The monoisotopic (exact) mass is 421 g/mol. The molecule has 1 aliphatic heterocycles. The molecular formula is C23H27N5O3. The third-order valence-corrected chi connectivity index (χ3v) is 5.21. The Balaban J connectivity index is 1.61. The number of nitrogens with zero attached hydrogens (tertiary/aromatic N) is 3. The van der Waals surface area contributed by atoms with E-state index in [2.05, 4.69) is 15.3 Å². The van der Waals surface area contributed by atoms with Crippen LogP contribution in [0.3, 0.4) is 0 Å². The molecule has 31 heavy (non-hydrogen) atoms. The van der Waals surface area contributed by atoms with Crippen LogP contribution in [0.25, 0.3) is 11.3 Å². The number of aromatic nitrogens is 2. The SMILES string of the molecule is Cn1nccc1-c1cc(NC(=O)c2ccccc2N2CCOCC2)ccc1OCCN. The normalized spacial score (nSPS) is 13.8. The van der Waals surface area contributed by atoms with E-state index in [4.69, 9.17) is 15.2 Å². The minimum atomic E-state index is -0.159. The van der Waals surface area contributed by atoms with Crippen LogP contribution in [-0.4, -0.2) is 55.1 Å². The Morgan fingerprint density at radius 3 is 2.74 bits per heavy atom. The summed E-state index contributed by atoms with van der Waals surface area (Å²) in [5.74, 6) is 0.537. The van der Waals surface area contributed by atoms with Crippen LogP contribution < -0.4 is 20.7 Å². The highest BCUT2D eigenvalue weighted by Gasteiger charge is 2.19. The van der Waals surface area contributed by atoms with Gasteiger partial charge in [0.25, 0.3) is 5.91 Å². The standard InChI is InChI=1S/C23H27N5O3/c1-27-20(8-10-25-27)19-16-17(6-7-22(19)31-13-9-24)26-23(29)18-4-2-3-5-21(18)28-11-14-30-15-12-28/h2-8,10,16H,9,11-15,24H2,1H3,(H,26,29). The van der Waals surface area contributed by atoms with Gasteiger partial charge in [-0.25, -0.2) is 0 Å². The fourth-order valence-electron chi connectivity index (χ4n) is 3.68. The number of morpholine rings is 1. The summed E-state index contributed by atoms with van der Waals surface area (Å²) >= 11 is 0. The lowest BCUT2D eigenvalue weighted by atomic mass is 10.1. The summed E-state index contributed by atoms with van der Waals surface area (Å²) in [6.07, 6.45) is 1.73. The molecule has 1 saturated heterocycles. The molecule has 3 aromatic rings. The summed E-state index contributed by atoms with van der Waals surface area (Å²) in [7, 11) is 1.87. The molecule has 1 amide bonds. The van der Waals surface area contributed by atoms with E-state index in [1.54, 1.807) is 10.9 Å². The van der Waals surface area contributed by atoms with Gasteiger partial charge in [-0.1, -0.05) is 12.1 Å². The van der Waals surface area contributed by atoms with Crippen molar-refractivity contribution >= 4 is 17.3 Å². The number of nitrogens with one attached hydrogen (secondary N) is 1. The quantitative estimate of drug-likeness (QED) is 0.609. The molecule has 3 N–H and O–H groups in total. The number of ether oxygens (including phenoxy) is 2. The third-order valence-electron chi connectivity index (χ3n) is 5.21.